The van der Waals surface area contributed by atoms with Crippen LogP contribution in [0.2, 0.25) is 0 Å². The molecule has 0 aromatic heterocycles. The number of hydrogen-bond acceptors (Lipinski definition) is 2. The minimum absolute atomic E-state index is 0.0308. The van der Waals surface area contributed by atoms with Gasteiger partial charge in [0.05, 0.1) is 12.2 Å². The van der Waals surface area contributed by atoms with E-state index in [9.17, 15) is 4.79 Å². The fourth-order valence-electron chi connectivity index (χ4n) is 2.30. The Morgan fingerprint density at radius 3 is 2.28 bits per heavy atom. The standard InChI is InChI=1S/C15H30N2O/c1-10(2)8-13-16-12(5)14(18)17(13)9-15(6,7)11(3)4/h10-13,16H,8-9H2,1-7H3. The van der Waals surface area contributed by atoms with E-state index in [0.29, 0.717) is 11.8 Å². The SMILES string of the molecule is CC(C)CC1NC(C)C(=O)N1CC(C)(C)C(C)C. The van der Waals surface area contributed by atoms with Gasteiger partial charge in [0.1, 0.15) is 0 Å². The molecule has 1 aliphatic rings. The first-order valence-corrected chi connectivity index (χ1v) is 7.21. The van der Waals surface area contributed by atoms with Gasteiger partial charge >= 0.3 is 0 Å². The molecule has 1 amide bonds. The summed E-state index contributed by atoms with van der Waals surface area (Å²) >= 11 is 0. The summed E-state index contributed by atoms with van der Waals surface area (Å²) in [6, 6.07) is -0.0308. The van der Waals surface area contributed by atoms with Crippen LogP contribution in [-0.4, -0.2) is 29.6 Å². The van der Waals surface area contributed by atoms with Gasteiger partial charge in [0.2, 0.25) is 5.91 Å². The molecule has 0 aliphatic carbocycles. The Balaban J connectivity index is 2.79. The van der Waals surface area contributed by atoms with Crippen molar-refractivity contribution in [2.45, 2.75) is 67.1 Å². The summed E-state index contributed by atoms with van der Waals surface area (Å²) in [5, 5.41) is 3.42. The van der Waals surface area contributed by atoms with E-state index in [1.54, 1.807) is 0 Å². The first kappa shape index (κ1) is 15.5. The quantitative estimate of drug-likeness (QED) is 0.818. The van der Waals surface area contributed by atoms with E-state index in [0.717, 1.165) is 13.0 Å². The second kappa shape index (κ2) is 5.60. The molecular formula is C15H30N2O. The van der Waals surface area contributed by atoms with Crippen LogP contribution in [0.1, 0.15) is 54.9 Å². The summed E-state index contributed by atoms with van der Waals surface area (Å²) < 4.78 is 0. The van der Waals surface area contributed by atoms with Gasteiger partial charge in [-0.25, -0.2) is 0 Å². The Morgan fingerprint density at radius 2 is 1.83 bits per heavy atom. The van der Waals surface area contributed by atoms with Gasteiger partial charge in [-0.3, -0.25) is 10.1 Å². The monoisotopic (exact) mass is 254 g/mol. The number of rotatable bonds is 5. The minimum Gasteiger partial charge on any atom is -0.325 e. The van der Waals surface area contributed by atoms with Gasteiger partial charge in [0.15, 0.2) is 0 Å². The van der Waals surface area contributed by atoms with Gasteiger partial charge in [-0.05, 0) is 30.6 Å². The number of nitrogens with one attached hydrogen (secondary N) is 1. The fraction of sp³-hybridized carbons (Fsp3) is 0.933. The van der Waals surface area contributed by atoms with Crippen molar-refractivity contribution in [1.29, 1.82) is 0 Å². The Bertz CT molecular complexity index is 297. The molecule has 1 rings (SSSR count). The first-order chi connectivity index (χ1) is 8.15. The van der Waals surface area contributed by atoms with Crippen LogP contribution in [0.5, 0.6) is 0 Å². The highest BCUT2D eigenvalue weighted by molar-refractivity contribution is 5.83. The highest BCUT2D eigenvalue weighted by Crippen LogP contribution is 2.30. The average Bonchev–Trinajstić information content (AvgIpc) is 2.44. The average molecular weight is 254 g/mol. The Morgan fingerprint density at radius 1 is 1.28 bits per heavy atom. The largest absolute Gasteiger partial charge is 0.325 e. The third-order valence-corrected chi connectivity index (χ3v) is 4.31. The molecular weight excluding hydrogens is 224 g/mol. The number of carbonyl (C=O) groups is 1. The van der Waals surface area contributed by atoms with Gasteiger partial charge in [0, 0.05) is 6.54 Å². The molecule has 0 aromatic rings. The van der Waals surface area contributed by atoms with Crippen molar-refractivity contribution in [1.82, 2.24) is 10.2 Å². The smallest absolute Gasteiger partial charge is 0.240 e. The maximum Gasteiger partial charge on any atom is 0.240 e. The molecule has 0 aromatic carbocycles. The van der Waals surface area contributed by atoms with E-state index in [-0.39, 0.29) is 23.5 Å². The van der Waals surface area contributed by atoms with Crippen LogP contribution in [0.15, 0.2) is 0 Å². The van der Waals surface area contributed by atoms with Crippen molar-refractivity contribution in [3.8, 4) is 0 Å². The van der Waals surface area contributed by atoms with Crippen molar-refractivity contribution < 1.29 is 4.79 Å². The van der Waals surface area contributed by atoms with E-state index >= 15 is 0 Å². The lowest BCUT2D eigenvalue weighted by Crippen LogP contribution is -2.45. The molecule has 1 aliphatic heterocycles. The van der Waals surface area contributed by atoms with Crippen LogP contribution in [-0.2, 0) is 4.79 Å². The molecule has 1 N–H and O–H groups in total. The zero-order valence-corrected chi connectivity index (χ0v) is 13.1. The lowest BCUT2D eigenvalue weighted by Gasteiger charge is -2.36. The Hall–Kier alpha value is -0.570. The third-order valence-electron chi connectivity index (χ3n) is 4.31. The van der Waals surface area contributed by atoms with Gasteiger partial charge in [-0.15, -0.1) is 0 Å². The molecule has 1 saturated heterocycles. The predicted molar refractivity (Wildman–Crippen MR) is 76.2 cm³/mol. The highest BCUT2D eigenvalue weighted by Gasteiger charge is 2.39. The number of nitrogens with zero attached hydrogens (tertiary/aromatic N) is 1. The lowest BCUT2D eigenvalue weighted by atomic mass is 9.80. The van der Waals surface area contributed by atoms with E-state index < -0.39 is 0 Å². The van der Waals surface area contributed by atoms with Gasteiger partial charge in [-0.2, -0.15) is 0 Å². The predicted octanol–water partition coefficient (Wildman–Crippen LogP) is 2.86. The second-order valence-corrected chi connectivity index (χ2v) is 7.14. The maximum absolute atomic E-state index is 12.3. The van der Waals surface area contributed by atoms with Gasteiger partial charge in [-0.1, -0.05) is 41.5 Å². The molecule has 0 radical (unpaired) electrons. The Kier molecular flexibility index (Phi) is 4.82. The summed E-state index contributed by atoms with van der Waals surface area (Å²) in [6.45, 7) is 16.2. The van der Waals surface area contributed by atoms with Crippen LogP contribution >= 0.6 is 0 Å². The summed E-state index contributed by atoms with van der Waals surface area (Å²) in [6.07, 6.45) is 1.25. The van der Waals surface area contributed by atoms with Gasteiger partial charge < -0.3 is 4.90 Å². The van der Waals surface area contributed by atoms with Crippen LogP contribution in [0.4, 0.5) is 0 Å². The number of hydrogen-bond donors (Lipinski definition) is 1. The molecule has 18 heavy (non-hydrogen) atoms. The molecule has 0 bridgehead atoms. The zero-order chi connectivity index (χ0) is 14.1. The van der Waals surface area contributed by atoms with Crippen LogP contribution in [0.25, 0.3) is 0 Å². The summed E-state index contributed by atoms with van der Waals surface area (Å²) in [7, 11) is 0. The highest BCUT2D eigenvalue weighted by atomic mass is 16.2. The maximum atomic E-state index is 12.3. The van der Waals surface area contributed by atoms with E-state index in [1.165, 1.54) is 0 Å². The normalized spacial score (nSPS) is 25.6. The number of carbonyl (C=O) groups excluding carboxylic acids is 1. The fourth-order valence-corrected chi connectivity index (χ4v) is 2.30. The van der Waals surface area contributed by atoms with Crippen molar-refractivity contribution in [2.24, 2.45) is 17.3 Å². The van der Waals surface area contributed by atoms with Crippen molar-refractivity contribution >= 4 is 5.91 Å². The van der Waals surface area contributed by atoms with Crippen molar-refractivity contribution in [2.75, 3.05) is 6.54 Å². The second-order valence-electron chi connectivity index (χ2n) is 7.14. The molecule has 1 fully saturated rings. The molecule has 1 heterocycles. The van der Waals surface area contributed by atoms with E-state index in [1.807, 2.05) is 6.92 Å². The third kappa shape index (κ3) is 3.47. The molecule has 3 heteroatoms. The van der Waals surface area contributed by atoms with Crippen molar-refractivity contribution in [3.63, 3.8) is 0 Å². The van der Waals surface area contributed by atoms with Crippen LogP contribution in [0.3, 0.4) is 0 Å². The van der Waals surface area contributed by atoms with E-state index in [2.05, 4.69) is 51.8 Å². The van der Waals surface area contributed by atoms with Crippen LogP contribution < -0.4 is 5.32 Å². The van der Waals surface area contributed by atoms with Crippen LogP contribution in [0, 0.1) is 17.3 Å². The molecule has 3 nitrogen and oxygen atoms in total. The topological polar surface area (TPSA) is 32.3 Å². The molecule has 2 unspecified atom stereocenters. The summed E-state index contributed by atoms with van der Waals surface area (Å²) in [5.41, 5.74) is 0.163. The Labute approximate surface area is 112 Å². The number of amides is 1. The lowest BCUT2D eigenvalue weighted by molar-refractivity contribution is -0.131. The van der Waals surface area contributed by atoms with Gasteiger partial charge in [0.25, 0.3) is 0 Å². The molecule has 0 saturated carbocycles. The molecule has 2 atom stereocenters. The molecule has 0 spiro atoms. The molecule has 106 valence electrons. The van der Waals surface area contributed by atoms with Crippen molar-refractivity contribution in [3.05, 3.63) is 0 Å². The van der Waals surface area contributed by atoms with E-state index in [4.69, 9.17) is 0 Å². The zero-order valence-electron chi connectivity index (χ0n) is 13.1. The minimum atomic E-state index is -0.0308. The summed E-state index contributed by atoms with van der Waals surface area (Å²) in [4.78, 5) is 14.3. The summed E-state index contributed by atoms with van der Waals surface area (Å²) in [5.74, 6) is 1.43. The first-order valence-electron chi connectivity index (χ1n) is 7.21.